The van der Waals surface area contributed by atoms with E-state index >= 15 is 0 Å². The third-order valence-corrected chi connectivity index (χ3v) is 6.28. The Kier molecular flexibility index (Phi) is 3.39. The van der Waals surface area contributed by atoms with Gasteiger partial charge in [0, 0.05) is 23.4 Å². The van der Waals surface area contributed by atoms with Crippen molar-refractivity contribution in [2.24, 2.45) is 11.3 Å². The van der Waals surface area contributed by atoms with Gasteiger partial charge in [0.2, 0.25) is 5.01 Å². The number of carbonyl (C=O) groups is 1. The van der Waals surface area contributed by atoms with Crippen molar-refractivity contribution in [2.45, 2.75) is 65.3 Å². The van der Waals surface area contributed by atoms with Crippen molar-refractivity contribution in [3.63, 3.8) is 0 Å². The summed E-state index contributed by atoms with van der Waals surface area (Å²) in [7, 11) is 0. The van der Waals surface area contributed by atoms with Crippen LogP contribution in [0.4, 0.5) is 0 Å². The number of rotatable bonds is 2. The van der Waals surface area contributed by atoms with Gasteiger partial charge in [-0.1, -0.05) is 52.4 Å². The van der Waals surface area contributed by atoms with Crippen molar-refractivity contribution in [1.29, 1.82) is 0 Å². The molecule has 1 atom stereocenters. The number of aromatic nitrogens is 2. The van der Waals surface area contributed by atoms with E-state index < -0.39 is 0 Å². The molecule has 4 nitrogen and oxygen atoms in total. The van der Waals surface area contributed by atoms with Gasteiger partial charge in [0.25, 0.3) is 5.91 Å². The fraction of sp³-hybridized carbons (Fsp3) is 0.812. The van der Waals surface area contributed by atoms with Crippen molar-refractivity contribution in [2.75, 3.05) is 6.54 Å². The number of carbonyl (C=O) groups excluding carboxylic acids is 1. The van der Waals surface area contributed by atoms with Crippen LogP contribution in [-0.4, -0.2) is 33.6 Å². The lowest BCUT2D eigenvalue weighted by molar-refractivity contribution is -0.120. The highest BCUT2D eigenvalue weighted by Gasteiger charge is 2.58. The van der Waals surface area contributed by atoms with E-state index in [9.17, 15) is 4.79 Å². The van der Waals surface area contributed by atoms with Crippen LogP contribution in [0.1, 0.15) is 68.7 Å². The van der Waals surface area contributed by atoms with E-state index in [0.717, 1.165) is 11.6 Å². The Hall–Kier alpha value is -0.970. The quantitative estimate of drug-likeness (QED) is 0.840. The molecule has 2 aliphatic rings. The molecule has 3 rings (SSSR count). The van der Waals surface area contributed by atoms with Gasteiger partial charge in [0.05, 0.1) is 0 Å². The number of likely N-dealkylation sites (tertiary alicyclic amines) is 1. The molecule has 1 aromatic heterocycles. The maximum Gasteiger partial charge on any atom is 0.285 e. The summed E-state index contributed by atoms with van der Waals surface area (Å²) in [5.74, 6) is 0.595. The molecule has 1 saturated carbocycles. The first-order valence-corrected chi connectivity index (χ1v) is 8.71. The molecule has 1 saturated heterocycles. The molecule has 1 unspecified atom stereocenters. The first-order chi connectivity index (χ1) is 9.74. The van der Waals surface area contributed by atoms with Crippen LogP contribution >= 0.6 is 11.3 Å². The van der Waals surface area contributed by atoms with Gasteiger partial charge in [-0.05, 0) is 18.8 Å². The van der Waals surface area contributed by atoms with Crippen molar-refractivity contribution in [3.8, 4) is 0 Å². The predicted molar refractivity (Wildman–Crippen MR) is 84.6 cm³/mol. The minimum atomic E-state index is -0.0439. The van der Waals surface area contributed by atoms with Gasteiger partial charge in [-0.3, -0.25) is 4.79 Å². The van der Waals surface area contributed by atoms with Crippen LogP contribution in [-0.2, 0) is 5.41 Å². The average molecular weight is 307 g/mol. The lowest BCUT2D eigenvalue weighted by Crippen LogP contribution is -2.70. The molecule has 0 N–H and O–H groups in total. The Balaban J connectivity index is 1.78. The van der Waals surface area contributed by atoms with Gasteiger partial charge in [-0.15, -0.1) is 10.2 Å². The van der Waals surface area contributed by atoms with E-state index in [1.54, 1.807) is 0 Å². The fourth-order valence-corrected chi connectivity index (χ4v) is 4.69. The molecule has 2 fully saturated rings. The maximum absolute atomic E-state index is 12.7. The molecule has 5 heteroatoms. The van der Waals surface area contributed by atoms with E-state index in [4.69, 9.17) is 0 Å². The minimum Gasteiger partial charge on any atom is -0.332 e. The highest BCUT2D eigenvalue weighted by atomic mass is 32.1. The van der Waals surface area contributed by atoms with Gasteiger partial charge >= 0.3 is 0 Å². The zero-order chi connectivity index (χ0) is 15.4. The number of hydrogen-bond acceptors (Lipinski definition) is 4. The molecule has 1 spiro atoms. The van der Waals surface area contributed by atoms with Gasteiger partial charge in [0.1, 0.15) is 5.01 Å². The Morgan fingerprint density at radius 3 is 2.43 bits per heavy atom. The molecule has 21 heavy (non-hydrogen) atoms. The lowest BCUT2D eigenvalue weighted by atomic mass is 9.55. The molecule has 1 amide bonds. The van der Waals surface area contributed by atoms with E-state index in [1.165, 1.54) is 30.6 Å². The van der Waals surface area contributed by atoms with Crippen LogP contribution in [0.3, 0.4) is 0 Å². The normalized spacial score (nSPS) is 24.1. The summed E-state index contributed by atoms with van der Waals surface area (Å²) in [4.78, 5) is 14.8. The van der Waals surface area contributed by atoms with Crippen molar-refractivity contribution >= 4 is 17.2 Å². The topological polar surface area (TPSA) is 46.1 Å². The van der Waals surface area contributed by atoms with Crippen LogP contribution in [0, 0.1) is 11.3 Å². The van der Waals surface area contributed by atoms with Gasteiger partial charge in [-0.2, -0.15) is 0 Å². The smallest absolute Gasteiger partial charge is 0.285 e. The van der Waals surface area contributed by atoms with Crippen molar-refractivity contribution in [1.82, 2.24) is 15.1 Å². The minimum absolute atomic E-state index is 0.0439. The standard InChI is InChI=1S/C16H25N3OS/c1-10(2)11-16(7-6-8-16)9-19(11)13(20)12-17-18-14(21-12)15(3,4)5/h10-11H,6-9H2,1-5H3. The second-order valence-corrected chi connectivity index (χ2v) is 8.98. The Morgan fingerprint density at radius 2 is 2.00 bits per heavy atom. The Labute approximate surface area is 130 Å². The molecule has 0 bridgehead atoms. The van der Waals surface area contributed by atoms with E-state index in [1.807, 2.05) is 4.90 Å². The summed E-state index contributed by atoms with van der Waals surface area (Å²) in [5.41, 5.74) is 0.374. The molecule has 0 radical (unpaired) electrons. The fourth-order valence-electron chi connectivity index (χ4n) is 3.83. The monoisotopic (exact) mass is 307 g/mol. The Bertz CT molecular complexity index is 554. The summed E-state index contributed by atoms with van der Waals surface area (Å²) >= 11 is 1.45. The van der Waals surface area contributed by atoms with Gasteiger partial charge in [-0.25, -0.2) is 0 Å². The molecular formula is C16H25N3OS. The molecule has 2 heterocycles. The van der Waals surface area contributed by atoms with Crippen LogP contribution in [0.25, 0.3) is 0 Å². The molecule has 116 valence electrons. The summed E-state index contributed by atoms with van der Waals surface area (Å²) in [6, 6.07) is 0.390. The van der Waals surface area contributed by atoms with Crippen LogP contribution in [0.15, 0.2) is 0 Å². The summed E-state index contributed by atoms with van der Waals surface area (Å²) in [6.45, 7) is 11.7. The lowest BCUT2D eigenvalue weighted by Gasteiger charge is -2.63. The second kappa shape index (κ2) is 4.77. The summed E-state index contributed by atoms with van der Waals surface area (Å²) in [5, 5.41) is 9.85. The average Bonchev–Trinajstić information content (AvgIpc) is 2.72. The first-order valence-electron chi connectivity index (χ1n) is 7.89. The molecule has 1 aliphatic carbocycles. The first kappa shape index (κ1) is 14.9. The highest BCUT2D eigenvalue weighted by Crippen LogP contribution is 2.55. The Morgan fingerprint density at radius 1 is 1.33 bits per heavy atom. The van der Waals surface area contributed by atoms with Crippen molar-refractivity contribution < 1.29 is 4.79 Å². The number of hydrogen-bond donors (Lipinski definition) is 0. The predicted octanol–water partition coefficient (Wildman–Crippen LogP) is 3.49. The van der Waals surface area contributed by atoms with Crippen LogP contribution in [0.5, 0.6) is 0 Å². The SMILES string of the molecule is CC(C)C1N(C(=O)c2nnc(C(C)(C)C)s2)CC12CCC2. The van der Waals surface area contributed by atoms with E-state index in [0.29, 0.717) is 22.4 Å². The second-order valence-electron chi connectivity index (χ2n) is 8.00. The number of nitrogens with zero attached hydrogens (tertiary/aromatic N) is 3. The zero-order valence-corrected chi connectivity index (χ0v) is 14.5. The van der Waals surface area contributed by atoms with Crippen LogP contribution < -0.4 is 0 Å². The third kappa shape index (κ3) is 2.30. The third-order valence-electron chi connectivity index (χ3n) is 4.94. The molecule has 0 aromatic carbocycles. The van der Waals surface area contributed by atoms with E-state index in [2.05, 4.69) is 44.8 Å². The van der Waals surface area contributed by atoms with Gasteiger partial charge in [0.15, 0.2) is 0 Å². The highest BCUT2D eigenvalue weighted by molar-refractivity contribution is 7.13. The molecule has 1 aliphatic heterocycles. The van der Waals surface area contributed by atoms with Crippen LogP contribution in [0.2, 0.25) is 0 Å². The summed E-state index contributed by atoms with van der Waals surface area (Å²) in [6.07, 6.45) is 3.88. The van der Waals surface area contributed by atoms with Crippen molar-refractivity contribution in [3.05, 3.63) is 10.0 Å². The molecular weight excluding hydrogens is 282 g/mol. The van der Waals surface area contributed by atoms with Gasteiger partial charge < -0.3 is 4.90 Å². The molecule has 1 aromatic rings. The maximum atomic E-state index is 12.7. The van der Waals surface area contributed by atoms with E-state index in [-0.39, 0.29) is 11.3 Å². The zero-order valence-electron chi connectivity index (χ0n) is 13.6. The largest absolute Gasteiger partial charge is 0.332 e. The summed E-state index contributed by atoms with van der Waals surface area (Å²) < 4.78 is 0. The number of amides is 1.